The fourth-order valence-electron chi connectivity index (χ4n) is 2.65. The third-order valence-corrected chi connectivity index (χ3v) is 3.74. The van der Waals surface area contributed by atoms with E-state index in [1.807, 2.05) is 0 Å². The number of ether oxygens (including phenoxy) is 1. The second-order valence-electron chi connectivity index (χ2n) is 5.48. The van der Waals surface area contributed by atoms with Crippen LogP contribution in [0.2, 0.25) is 0 Å². The van der Waals surface area contributed by atoms with Crippen LogP contribution in [0.4, 0.5) is 0 Å². The van der Waals surface area contributed by atoms with Crippen LogP contribution in [0.1, 0.15) is 19.3 Å². The molecular weight excluding hydrogens is 230 g/mol. The minimum absolute atomic E-state index is 0.150. The summed E-state index contributed by atoms with van der Waals surface area (Å²) in [6.07, 6.45) is 3.16. The topological polar surface area (TPSA) is 53.6 Å². The molecular formula is C13H25N3O2. The van der Waals surface area contributed by atoms with Crippen molar-refractivity contribution in [3.8, 4) is 0 Å². The van der Waals surface area contributed by atoms with E-state index < -0.39 is 0 Å². The van der Waals surface area contributed by atoms with Gasteiger partial charge >= 0.3 is 0 Å². The molecule has 2 rings (SSSR count). The van der Waals surface area contributed by atoms with Crippen molar-refractivity contribution in [1.82, 2.24) is 15.5 Å². The monoisotopic (exact) mass is 255 g/mol. The Labute approximate surface area is 109 Å². The van der Waals surface area contributed by atoms with E-state index in [-0.39, 0.29) is 12.0 Å². The van der Waals surface area contributed by atoms with Crippen molar-refractivity contribution >= 4 is 5.91 Å². The zero-order valence-corrected chi connectivity index (χ0v) is 11.3. The molecule has 2 heterocycles. The number of morpholine rings is 1. The predicted octanol–water partition coefficient (Wildman–Crippen LogP) is -0.177. The second-order valence-corrected chi connectivity index (χ2v) is 5.48. The van der Waals surface area contributed by atoms with Crippen LogP contribution in [-0.4, -0.2) is 63.3 Å². The number of likely N-dealkylation sites (N-methyl/N-ethyl adjacent to an activating group) is 1. The largest absolute Gasteiger partial charge is 0.374 e. The highest BCUT2D eigenvalue weighted by atomic mass is 16.5. The van der Waals surface area contributed by atoms with Gasteiger partial charge in [0, 0.05) is 26.1 Å². The van der Waals surface area contributed by atoms with Crippen molar-refractivity contribution in [3.05, 3.63) is 0 Å². The first-order valence-electron chi connectivity index (χ1n) is 7.01. The molecule has 0 saturated carbocycles. The Morgan fingerprint density at radius 3 is 3.17 bits per heavy atom. The Kier molecular flexibility index (Phi) is 5.41. The molecule has 2 aliphatic heterocycles. The maximum Gasteiger partial charge on any atom is 0.220 e. The van der Waals surface area contributed by atoms with Gasteiger partial charge in [-0.3, -0.25) is 4.79 Å². The van der Waals surface area contributed by atoms with Crippen molar-refractivity contribution in [1.29, 1.82) is 0 Å². The van der Waals surface area contributed by atoms with Crippen LogP contribution in [0.5, 0.6) is 0 Å². The molecule has 1 amide bonds. The summed E-state index contributed by atoms with van der Waals surface area (Å²) in [7, 11) is 2.09. The number of carbonyl (C=O) groups excluding carboxylic acids is 1. The van der Waals surface area contributed by atoms with Gasteiger partial charge in [0.2, 0.25) is 5.91 Å². The van der Waals surface area contributed by atoms with Crippen molar-refractivity contribution < 1.29 is 9.53 Å². The van der Waals surface area contributed by atoms with E-state index in [0.29, 0.717) is 18.9 Å². The molecule has 2 saturated heterocycles. The van der Waals surface area contributed by atoms with Gasteiger partial charge in [0.05, 0.1) is 12.7 Å². The second kappa shape index (κ2) is 7.07. The van der Waals surface area contributed by atoms with E-state index in [9.17, 15) is 4.79 Å². The molecule has 104 valence electrons. The zero-order chi connectivity index (χ0) is 12.8. The molecule has 2 N–H and O–H groups in total. The fraction of sp³-hybridized carbons (Fsp3) is 0.923. The lowest BCUT2D eigenvalue weighted by molar-refractivity contribution is -0.123. The molecule has 0 aromatic carbocycles. The first kappa shape index (κ1) is 13.8. The Morgan fingerprint density at radius 1 is 1.56 bits per heavy atom. The Hall–Kier alpha value is -0.650. The van der Waals surface area contributed by atoms with Crippen LogP contribution in [0.25, 0.3) is 0 Å². The smallest absolute Gasteiger partial charge is 0.220 e. The molecule has 18 heavy (non-hydrogen) atoms. The number of rotatable bonds is 4. The van der Waals surface area contributed by atoms with Gasteiger partial charge in [-0.1, -0.05) is 0 Å². The number of piperidine rings is 1. The Balaban J connectivity index is 1.61. The van der Waals surface area contributed by atoms with Crippen LogP contribution in [-0.2, 0) is 9.53 Å². The van der Waals surface area contributed by atoms with Crippen molar-refractivity contribution in [3.63, 3.8) is 0 Å². The minimum atomic E-state index is 0.150. The molecule has 0 aromatic rings. The number of nitrogens with one attached hydrogen (secondary N) is 2. The van der Waals surface area contributed by atoms with Crippen LogP contribution >= 0.6 is 0 Å². The summed E-state index contributed by atoms with van der Waals surface area (Å²) < 4.78 is 5.62. The lowest BCUT2D eigenvalue weighted by atomic mass is 9.96. The van der Waals surface area contributed by atoms with Crippen molar-refractivity contribution in [2.45, 2.75) is 25.4 Å². The summed E-state index contributed by atoms with van der Waals surface area (Å²) >= 11 is 0. The van der Waals surface area contributed by atoms with Gasteiger partial charge in [0.25, 0.3) is 0 Å². The van der Waals surface area contributed by atoms with E-state index >= 15 is 0 Å². The molecule has 2 atom stereocenters. The van der Waals surface area contributed by atoms with Gasteiger partial charge in [0.1, 0.15) is 0 Å². The summed E-state index contributed by atoms with van der Waals surface area (Å²) in [4.78, 5) is 14.1. The summed E-state index contributed by atoms with van der Waals surface area (Å²) in [6, 6.07) is 0. The van der Waals surface area contributed by atoms with E-state index in [4.69, 9.17) is 4.74 Å². The number of hydrogen-bond donors (Lipinski definition) is 2. The Bertz CT molecular complexity index is 267. The maximum absolute atomic E-state index is 11.8. The highest BCUT2D eigenvalue weighted by molar-refractivity contribution is 5.76. The minimum Gasteiger partial charge on any atom is -0.374 e. The van der Waals surface area contributed by atoms with Gasteiger partial charge < -0.3 is 20.3 Å². The summed E-state index contributed by atoms with van der Waals surface area (Å²) in [6.45, 7) is 5.38. The summed E-state index contributed by atoms with van der Waals surface area (Å²) in [5, 5.41) is 6.34. The average Bonchev–Trinajstić information content (AvgIpc) is 2.38. The molecule has 0 bridgehead atoms. The maximum atomic E-state index is 11.8. The SMILES string of the molecule is CN1CCOC(CNC(=O)CC2CCCNC2)C1. The molecule has 5 heteroatoms. The average molecular weight is 255 g/mol. The van der Waals surface area contributed by atoms with Gasteiger partial charge in [-0.2, -0.15) is 0 Å². The number of amides is 1. The third-order valence-electron chi connectivity index (χ3n) is 3.74. The van der Waals surface area contributed by atoms with E-state index in [0.717, 1.165) is 32.8 Å². The fourth-order valence-corrected chi connectivity index (χ4v) is 2.65. The lowest BCUT2D eigenvalue weighted by Gasteiger charge is -2.30. The normalized spacial score (nSPS) is 30.1. The number of hydrogen-bond acceptors (Lipinski definition) is 4. The van der Waals surface area contributed by atoms with Crippen molar-refractivity contribution in [2.24, 2.45) is 5.92 Å². The zero-order valence-electron chi connectivity index (χ0n) is 11.3. The highest BCUT2D eigenvalue weighted by Gasteiger charge is 2.20. The predicted molar refractivity (Wildman–Crippen MR) is 70.5 cm³/mol. The van der Waals surface area contributed by atoms with Crippen LogP contribution < -0.4 is 10.6 Å². The van der Waals surface area contributed by atoms with Gasteiger partial charge in [0.15, 0.2) is 0 Å². The van der Waals surface area contributed by atoms with Gasteiger partial charge in [-0.15, -0.1) is 0 Å². The van der Waals surface area contributed by atoms with E-state index in [2.05, 4.69) is 22.6 Å². The summed E-state index contributed by atoms with van der Waals surface area (Å²) in [5.74, 6) is 0.675. The molecule has 2 unspecified atom stereocenters. The van der Waals surface area contributed by atoms with E-state index in [1.54, 1.807) is 0 Å². The molecule has 2 aliphatic rings. The number of nitrogens with zero attached hydrogens (tertiary/aromatic N) is 1. The number of carbonyl (C=O) groups is 1. The van der Waals surface area contributed by atoms with Gasteiger partial charge in [-0.25, -0.2) is 0 Å². The van der Waals surface area contributed by atoms with Crippen molar-refractivity contribution in [2.75, 3.05) is 46.4 Å². The third kappa shape index (κ3) is 4.55. The van der Waals surface area contributed by atoms with Gasteiger partial charge in [-0.05, 0) is 38.9 Å². The molecule has 0 aromatic heterocycles. The molecule has 0 spiro atoms. The van der Waals surface area contributed by atoms with Crippen LogP contribution in [0, 0.1) is 5.92 Å². The quantitative estimate of drug-likeness (QED) is 0.732. The molecule has 5 nitrogen and oxygen atoms in total. The summed E-state index contributed by atoms with van der Waals surface area (Å²) in [5.41, 5.74) is 0. The highest BCUT2D eigenvalue weighted by Crippen LogP contribution is 2.13. The first-order chi connectivity index (χ1) is 8.74. The lowest BCUT2D eigenvalue weighted by Crippen LogP contribution is -2.46. The first-order valence-corrected chi connectivity index (χ1v) is 7.01. The molecule has 0 radical (unpaired) electrons. The van der Waals surface area contributed by atoms with E-state index in [1.165, 1.54) is 12.8 Å². The Morgan fingerprint density at radius 2 is 2.44 bits per heavy atom. The van der Waals surface area contributed by atoms with Crippen LogP contribution in [0.3, 0.4) is 0 Å². The molecule has 0 aliphatic carbocycles. The van der Waals surface area contributed by atoms with Crippen LogP contribution in [0.15, 0.2) is 0 Å². The molecule has 2 fully saturated rings. The standard InChI is InChI=1S/C13H25N3O2/c1-16-5-6-18-12(10-16)9-15-13(17)7-11-3-2-4-14-8-11/h11-12,14H,2-10H2,1H3,(H,15,17).